The molecule has 22 heavy (non-hydrogen) atoms. The van der Waals surface area contributed by atoms with Crippen LogP contribution in [-0.2, 0) is 0 Å². The molecule has 0 spiro atoms. The fraction of sp³-hybridized carbons (Fsp3) is 0.312. The zero-order valence-corrected chi connectivity index (χ0v) is 12.3. The molecule has 6 nitrogen and oxygen atoms in total. The van der Waals surface area contributed by atoms with Gasteiger partial charge in [0, 0.05) is 18.8 Å². The number of rotatable bonds is 3. The van der Waals surface area contributed by atoms with Crippen molar-refractivity contribution in [3.05, 3.63) is 42.9 Å². The molecule has 1 N–H and O–H groups in total. The summed E-state index contributed by atoms with van der Waals surface area (Å²) in [6.45, 7) is 2.10. The quantitative estimate of drug-likeness (QED) is 0.805. The second-order valence-corrected chi connectivity index (χ2v) is 5.50. The standard InChI is InChI=1S/C16H18N6/c1-3-7-13(8-4-1)19-16-17-11-14-15(20-16)22(12-18-14)21-9-5-2-6-10-21/h1,3-4,7-8,11-12H,2,5-6,9-10H2,(H,17,19,20). The van der Waals surface area contributed by atoms with E-state index in [2.05, 4.69) is 30.0 Å². The van der Waals surface area contributed by atoms with Crippen LogP contribution in [0.25, 0.3) is 11.2 Å². The molecule has 0 aliphatic carbocycles. The van der Waals surface area contributed by atoms with E-state index in [0.29, 0.717) is 5.95 Å². The van der Waals surface area contributed by atoms with Crippen LogP contribution in [0.1, 0.15) is 19.3 Å². The van der Waals surface area contributed by atoms with Gasteiger partial charge in [-0.25, -0.2) is 14.6 Å². The minimum absolute atomic E-state index is 0.595. The molecule has 0 atom stereocenters. The zero-order chi connectivity index (χ0) is 14.8. The summed E-state index contributed by atoms with van der Waals surface area (Å²) < 4.78 is 2.06. The van der Waals surface area contributed by atoms with Crippen molar-refractivity contribution in [3.63, 3.8) is 0 Å². The number of para-hydroxylation sites is 1. The van der Waals surface area contributed by atoms with Gasteiger partial charge in [-0.15, -0.1) is 0 Å². The van der Waals surface area contributed by atoms with Gasteiger partial charge in [-0.3, -0.25) is 0 Å². The molecule has 0 saturated carbocycles. The Labute approximate surface area is 128 Å². The van der Waals surface area contributed by atoms with E-state index in [1.54, 1.807) is 6.20 Å². The molecule has 112 valence electrons. The Bertz CT molecular complexity index is 761. The minimum atomic E-state index is 0.595. The van der Waals surface area contributed by atoms with Gasteiger partial charge in [0.25, 0.3) is 0 Å². The highest BCUT2D eigenvalue weighted by Crippen LogP contribution is 2.17. The summed E-state index contributed by atoms with van der Waals surface area (Å²) in [6, 6.07) is 9.95. The van der Waals surface area contributed by atoms with Gasteiger partial charge in [-0.2, -0.15) is 4.98 Å². The largest absolute Gasteiger partial charge is 0.324 e. The number of imidazole rings is 1. The van der Waals surface area contributed by atoms with Crippen LogP contribution < -0.4 is 10.3 Å². The van der Waals surface area contributed by atoms with Gasteiger partial charge in [0.1, 0.15) is 11.8 Å². The Hall–Kier alpha value is -2.63. The molecule has 0 unspecified atom stereocenters. The molecule has 1 aliphatic heterocycles. The summed E-state index contributed by atoms with van der Waals surface area (Å²) in [7, 11) is 0. The first-order valence-electron chi connectivity index (χ1n) is 7.67. The number of hydrogen-bond donors (Lipinski definition) is 1. The third-order valence-corrected chi connectivity index (χ3v) is 3.94. The van der Waals surface area contributed by atoms with E-state index in [1.807, 2.05) is 36.7 Å². The molecule has 0 bridgehead atoms. The topological polar surface area (TPSA) is 58.9 Å². The lowest BCUT2D eigenvalue weighted by molar-refractivity contribution is 0.484. The number of fused-ring (bicyclic) bond motifs is 1. The molecule has 0 radical (unpaired) electrons. The smallest absolute Gasteiger partial charge is 0.229 e. The summed E-state index contributed by atoms with van der Waals surface area (Å²) in [6.07, 6.45) is 7.36. The first-order chi connectivity index (χ1) is 10.9. The minimum Gasteiger partial charge on any atom is -0.324 e. The van der Waals surface area contributed by atoms with Crippen LogP contribution in [0.2, 0.25) is 0 Å². The molecule has 6 heteroatoms. The molecular weight excluding hydrogens is 276 g/mol. The Morgan fingerprint density at radius 3 is 2.59 bits per heavy atom. The van der Waals surface area contributed by atoms with Crippen LogP contribution in [0.3, 0.4) is 0 Å². The van der Waals surface area contributed by atoms with Crippen molar-refractivity contribution < 1.29 is 0 Å². The number of aromatic nitrogens is 4. The molecule has 2 aromatic heterocycles. The molecule has 1 aromatic carbocycles. The Kier molecular flexibility index (Phi) is 3.34. The SMILES string of the molecule is c1ccc(Nc2ncc3ncn(N4CCCCC4)c3n2)cc1. The lowest BCUT2D eigenvalue weighted by Crippen LogP contribution is -2.38. The van der Waals surface area contributed by atoms with Crippen LogP contribution in [0.15, 0.2) is 42.9 Å². The van der Waals surface area contributed by atoms with Crippen LogP contribution in [-0.4, -0.2) is 32.7 Å². The summed E-state index contributed by atoms with van der Waals surface area (Å²) in [5.74, 6) is 0.595. The van der Waals surface area contributed by atoms with Gasteiger partial charge in [0.15, 0.2) is 5.65 Å². The maximum atomic E-state index is 4.64. The highest BCUT2D eigenvalue weighted by molar-refractivity contribution is 5.72. The predicted molar refractivity (Wildman–Crippen MR) is 86.8 cm³/mol. The van der Waals surface area contributed by atoms with Crippen molar-refractivity contribution >= 4 is 22.8 Å². The Balaban J connectivity index is 1.67. The molecule has 4 rings (SSSR count). The first-order valence-corrected chi connectivity index (χ1v) is 7.67. The highest BCUT2D eigenvalue weighted by Gasteiger charge is 2.15. The molecule has 1 fully saturated rings. The summed E-state index contributed by atoms with van der Waals surface area (Å²) in [5, 5.41) is 5.54. The Morgan fingerprint density at radius 1 is 0.955 bits per heavy atom. The van der Waals surface area contributed by atoms with Gasteiger partial charge in [0.2, 0.25) is 5.95 Å². The third kappa shape index (κ3) is 2.47. The van der Waals surface area contributed by atoms with Gasteiger partial charge >= 0.3 is 0 Å². The number of benzene rings is 1. The van der Waals surface area contributed by atoms with Gasteiger partial charge < -0.3 is 10.3 Å². The maximum Gasteiger partial charge on any atom is 0.229 e. The Morgan fingerprint density at radius 2 is 1.77 bits per heavy atom. The van der Waals surface area contributed by atoms with Crippen molar-refractivity contribution in [2.75, 3.05) is 23.4 Å². The van der Waals surface area contributed by atoms with Crippen LogP contribution in [0.4, 0.5) is 11.6 Å². The van der Waals surface area contributed by atoms with E-state index in [1.165, 1.54) is 19.3 Å². The number of anilines is 2. The van der Waals surface area contributed by atoms with E-state index in [9.17, 15) is 0 Å². The summed E-state index contributed by atoms with van der Waals surface area (Å²) >= 11 is 0. The van der Waals surface area contributed by atoms with E-state index in [4.69, 9.17) is 0 Å². The molecule has 0 amide bonds. The van der Waals surface area contributed by atoms with Crippen LogP contribution >= 0.6 is 0 Å². The number of nitrogens with one attached hydrogen (secondary N) is 1. The number of piperidine rings is 1. The molecule has 3 heterocycles. The predicted octanol–water partition coefficient (Wildman–Crippen LogP) is 2.69. The summed E-state index contributed by atoms with van der Waals surface area (Å²) in [4.78, 5) is 13.4. The normalized spacial score (nSPS) is 15.2. The lowest BCUT2D eigenvalue weighted by Gasteiger charge is -2.29. The van der Waals surface area contributed by atoms with Crippen molar-refractivity contribution in [2.24, 2.45) is 0 Å². The highest BCUT2D eigenvalue weighted by atomic mass is 15.6. The van der Waals surface area contributed by atoms with E-state index < -0.39 is 0 Å². The third-order valence-electron chi connectivity index (χ3n) is 3.94. The van der Waals surface area contributed by atoms with Crippen LogP contribution in [0, 0.1) is 0 Å². The van der Waals surface area contributed by atoms with Crippen LogP contribution in [0.5, 0.6) is 0 Å². The second-order valence-electron chi connectivity index (χ2n) is 5.50. The second kappa shape index (κ2) is 5.63. The van der Waals surface area contributed by atoms with Gasteiger partial charge in [-0.05, 0) is 31.4 Å². The van der Waals surface area contributed by atoms with Crippen molar-refractivity contribution in [1.82, 2.24) is 19.6 Å². The van der Waals surface area contributed by atoms with E-state index in [-0.39, 0.29) is 0 Å². The van der Waals surface area contributed by atoms with E-state index >= 15 is 0 Å². The first kappa shape index (κ1) is 13.1. The monoisotopic (exact) mass is 294 g/mol. The van der Waals surface area contributed by atoms with Gasteiger partial charge in [-0.1, -0.05) is 18.2 Å². The fourth-order valence-electron chi connectivity index (χ4n) is 2.81. The van der Waals surface area contributed by atoms with Crippen molar-refractivity contribution in [3.8, 4) is 0 Å². The summed E-state index contributed by atoms with van der Waals surface area (Å²) in [5.41, 5.74) is 2.66. The number of nitrogens with zero attached hydrogens (tertiary/aromatic N) is 5. The average molecular weight is 294 g/mol. The van der Waals surface area contributed by atoms with E-state index in [0.717, 1.165) is 29.9 Å². The average Bonchev–Trinajstić information content (AvgIpc) is 3.00. The maximum absolute atomic E-state index is 4.64. The number of hydrogen-bond acceptors (Lipinski definition) is 5. The zero-order valence-electron chi connectivity index (χ0n) is 12.3. The fourth-order valence-corrected chi connectivity index (χ4v) is 2.81. The van der Waals surface area contributed by atoms with Crippen molar-refractivity contribution in [1.29, 1.82) is 0 Å². The molecule has 1 aliphatic rings. The lowest BCUT2D eigenvalue weighted by atomic mass is 10.2. The molecular formula is C16H18N6. The van der Waals surface area contributed by atoms with Crippen molar-refractivity contribution in [2.45, 2.75) is 19.3 Å². The van der Waals surface area contributed by atoms with Gasteiger partial charge in [0.05, 0.1) is 6.20 Å². The molecule has 3 aromatic rings. The molecule has 1 saturated heterocycles.